The lowest BCUT2D eigenvalue weighted by atomic mass is 9.90. The van der Waals surface area contributed by atoms with Crippen molar-refractivity contribution in [2.45, 2.75) is 33.4 Å². The molecule has 2 atom stereocenters. The molecule has 2 nitrogen and oxygen atoms in total. The number of rotatable bonds is 6. The van der Waals surface area contributed by atoms with Crippen LogP contribution < -0.4 is 11.1 Å². The van der Waals surface area contributed by atoms with Crippen LogP contribution in [0.5, 0.6) is 0 Å². The van der Waals surface area contributed by atoms with Crippen LogP contribution in [0.25, 0.3) is 0 Å². The Labute approximate surface area is 99.2 Å². The quantitative estimate of drug-likeness (QED) is 0.772. The molecule has 2 unspecified atom stereocenters. The van der Waals surface area contributed by atoms with Gasteiger partial charge in [0.05, 0.1) is 0 Å². The molecule has 90 valence electrons. The molecule has 0 aromatic heterocycles. The van der Waals surface area contributed by atoms with E-state index in [1.54, 1.807) is 0 Å². The molecule has 0 amide bonds. The average molecular weight is 220 g/mol. The van der Waals surface area contributed by atoms with Gasteiger partial charge in [-0.25, -0.2) is 0 Å². The normalized spacial score (nSPS) is 15.1. The number of hydrogen-bond donors (Lipinski definition) is 2. The Kier molecular flexibility index (Phi) is 5.50. The summed E-state index contributed by atoms with van der Waals surface area (Å²) < 4.78 is 0. The van der Waals surface area contributed by atoms with E-state index in [9.17, 15) is 0 Å². The maximum Gasteiger partial charge on any atom is 0.0221 e. The van der Waals surface area contributed by atoms with E-state index in [1.807, 2.05) is 6.07 Å². The summed E-state index contributed by atoms with van der Waals surface area (Å²) in [7, 11) is 0. The highest BCUT2D eigenvalue weighted by atomic mass is 14.9. The van der Waals surface area contributed by atoms with Crippen molar-refractivity contribution in [2.75, 3.05) is 6.54 Å². The molecule has 1 aromatic rings. The topological polar surface area (TPSA) is 38.0 Å². The third-order valence-electron chi connectivity index (χ3n) is 3.35. The van der Waals surface area contributed by atoms with Gasteiger partial charge in [0.1, 0.15) is 0 Å². The van der Waals surface area contributed by atoms with Gasteiger partial charge in [-0.15, -0.1) is 0 Å². The highest BCUT2D eigenvalue weighted by Gasteiger charge is 2.17. The lowest BCUT2D eigenvalue weighted by molar-refractivity contribution is 0.302. The molecule has 0 saturated heterocycles. The fourth-order valence-corrected chi connectivity index (χ4v) is 1.79. The fraction of sp³-hybridized carbons (Fsp3) is 0.571. The molecule has 16 heavy (non-hydrogen) atoms. The van der Waals surface area contributed by atoms with Crippen LogP contribution in [0.2, 0.25) is 0 Å². The van der Waals surface area contributed by atoms with Crippen molar-refractivity contribution in [1.29, 1.82) is 0 Å². The van der Waals surface area contributed by atoms with E-state index in [2.05, 4.69) is 50.4 Å². The van der Waals surface area contributed by atoms with Crippen molar-refractivity contribution < 1.29 is 0 Å². The number of benzene rings is 1. The van der Waals surface area contributed by atoms with Gasteiger partial charge < -0.3 is 11.1 Å². The van der Waals surface area contributed by atoms with Gasteiger partial charge in [-0.1, -0.05) is 51.1 Å². The Morgan fingerprint density at radius 1 is 1.12 bits per heavy atom. The minimum absolute atomic E-state index is 0.403. The van der Waals surface area contributed by atoms with E-state index in [0.717, 1.165) is 6.54 Å². The summed E-state index contributed by atoms with van der Waals surface area (Å²) in [6.07, 6.45) is 0. The highest BCUT2D eigenvalue weighted by Crippen LogP contribution is 2.14. The lowest BCUT2D eigenvalue weighted by Crippen LogP contribution is -2.42. The predicted molar refractivity (Wildman–Crippen MR) is 70.1 cm³/mol. The molecule has 0 spiro atoms. The highest BCUT2D eigenvalue weighted by molar-refractivity contribution is 5.14. The van der Waals surface area contributed by atoms with E-state index < -0.39 is 0 Å². The zero-order chi connectivity index (χ0) is 12.0. The lowest BCUT2D eigenvalue weighted by Gasteiger charge is -2.27. The summed E-state index contributed by atoms with van der Waals surface area (Å²) in [5, 5.41) is 3.54. The second-order valence-corrected chi connectivity index (χ2v) is 4.81. The van der Waals surface area contributed by atoms with E-state index in [0.29, 0.717) is 24.4 Å². The second-order valence-electron chi connectivity index (χ2n) is 4.81. The van der Waals surface area contributed by atoms with Gasteiger partial charge in [0.2, 0.25) is 0 Å². The fourth-order valence-electron chi connectivity index (χ4n) is 1.79. The van der Waals surface area contributed by atoms with Crippen molar-refractivity contribution >= 4 is 0 Å². The summed E-state index contributed by atoms with van der Waals surface area (Å²) in [5.74, 6) is 1.27. The second kappa shape index (κ2) is 6.66. The summed E-state index contributed by atoms with van der Waals surface area (Å²) >= 11 is 0. The molecule has 2 heteroatoms. The van der Waals surface area contributed by atoms with Crippen LogP contribution in [0.1, 0.15) is 26.3 Å². The van der Waals surface area contributed by atoms with Gasteiger partial charge in [0.25, 0.3) is 0 Å². The number of nitrogens with two attached hydrogens (primary N) is 1. The van der Waals surface area contributed by atoms with Gasteiger partial charge in [0, 0.05) is 19.1 Å². The number of hydrogen-bond acceptors (Lipinski definition) is 2. The molecular weight excluding hydrogens is 196 g/mol. The average Bonchev–Trinajstić information content (AvgIpc) is 2.30. The summed E-state index contributed by atoms with van der Waals surface area (Å²) in [4.78, 5) is 0. The molecule has 3 N–H and O–H groups in total. The SMILES string of the molecule is CC(C)C(C)C(CN)NCc1ccccc1. The van der Waals surface area contributed by atoms with Crippen LogP contribution in [0.3, 0.4) is 0 Å². The molecule has 1 rings (SSSR count). The molecule has 0 radical (unpaired) electrons. The maximum absolute atomic E-state index is 5.81. The van der Waals surface area contributed by atoms with Crippen LogP contribution >= 0.6 is 0 Å². The summed E-state index contributed by atoms with van der Waals surface area (Å²) in [6.45, 7) is 8.36. The van der Waals surface area contributed by atoms with Gasteiger partial charge >= 0.3 is 0 Å². The zero-order valence-electron chi connectivity index (χ0n) is 10.6. The van der Waals surface area contributed by atoms with Crippen molar-refractivity contribution in [1.82, 2.24) is 5.32 Å². The largest absolute Gasteiger partial charge is 0.329 e. The minimum Gasteiger partial charge on any atom is -0.329 e. The molecule has 1 aromatic carbocycles. The molecule has 0 aliphatic rings. The van der Waals surface area contributed by atoms with Crippen LogP contribution in [0.4, 0.5) is 0 Å². The first-order chi connectivity index (χ1) is 7.65. The summed E-state index contributed by atoms with van der Waals surface area (Å²) in [6, 6.07) is 10.9. The Balaban J connectivity index is 2.46. The third kappa shape index (κ3) is 3.95. The first kappa shape index (κ1) is 13.2. The molecular formula is C14H24N2. The molecule has 0 heterocycles. The van der Waals surface area contributed by atoms with Crippen molar-refractivity contribution in [2.24, 2.45) is 17.6 Å². The van der Waals surface area contributed by atoms with Gasteiger partial charge in [-0.2, -0.15) is 0 Å². The van der Waals surface area contributed by atoms with Crippen molar-refractivity contribution in [3.8, 4) is 0 Å². The van der Waals surface area contributed by atoms with E-state index in [1.165, 1.54) is 5.56 Å². The monoisotopic (exact) mass is 220 g/mol. The standard InChI is InChI=1S/C14H24N2/c1-11(2)12(3)14(9-15)16-10-13-7-5-4-6-8-13/h4-8,11-12,14,16H,9-10,15H2,1-3H3. The first-order valence-corrected chi connectivity index (χ1v) is 6.12. The third-order valence-corrected chi connectivity index (χ3v) is 3.35. The molecule has 0 aliphatic carbocycles. The zero-order valence-corrected chi connectivity index (χ0v) is 10.6. The molecule has 0 saturated carbocycles. The number of nitrogens with one attached hydrogen (secondary N) is 1. The van der Waals surface area contributed by atoms with Crippen molar-refractivity contribution in [3.63, 3.8) is 0 Å². The first-order valence-electron chi connectivity index (χ1n) is 6.12. The van der Waals surface area contributed by atoms with Gasteiger partial charge in [0.15, 0.2) is 0 Å². The van der Waals surface area contributed by atoms with Crippen LogP contribution in [0.15, 0.2) is 30.3 Å². The molecule has 0 fully saturated rings. The smallest absolute Gasteiger partial charge is 0.0221 e. The Morgan fingerprint density at radius 2 is 1.75 bits per heavy atom. The van der Waals surface area contributed by atoms with Gasteiger partial charge in [-0.3, -0.25) is 0 Å². The minimum atomic E-state index is 0.403. The van der Waals surface area contributed by atoms with E-state index in [4.69, 9.17) is 5.73 Å². The molecule has 0 bridgehead atoms. The van der Waals surface area contributed by atoms with E-state index in [-0.39, 0.29) is 0 Å². The van der Waals surface area contributed by atoms with Crippen molar-refractivity contribution in [3.05, 3.63) is 35.9 Å². The van der Waals surface area contributed by atoms with Gasteiger partial charge in [-0.05, 0) is 17.4 Å². The summed E-state index contributed by atoms with van der Waals surface area (Å²) in [5.41, 5.74) is 7.13. The maximum atomic E-state index is 5.81. The molecule has 0 aliphatic heterocycles. The Hall–Kier alpha value is -0.860. The van der Waals surface area contributed by atoms with Crippen LogP contribution in [0, 0.1) is 11.8 Å². The predicted octanol–water partition coefficient (Wildman–Crippen LogP) is 2.40. The van der Waals surface area contributed by atoms with Crippen LogP contribution in [-0.4, -0.2) is 12.6 Å². The van der Waals surface area contributed by atoms with Crippen LogP contribution in [-0.2, 0) is 6.54 Å². The Morgan fingerprint density at radius 3 is 2.25 bits per heavy atom. The Bertz CT molecular complexity index is 282. The van der Waals surface area contributed by atoms with E-state index >= 15 is 0 Å².